The third kappa shape index (κ3) is 9.14. The van der Waals surface area contributed by atoms with Crippen molar-refractivity contribution in [1.29, 1.82) is 0 Å². The molecule has 0 aromatic heterocycles. The Morgan fingerprint density at radius 3 is 1.32 bits per heavy atom. The van der Waals surface area contributed by atoms with Gasteiger partial charge in [0.25, 0.3) is 0 Å². The van der Waals surface area contributed by atoms with E-state index in [1.165, 1.54) is 0 Å². The summed E-state index contributed by atoms with van der Waals surface area (Å²) in [6, 6.07) is 0. The summed E-state index contributed by atoms with van der Waals surface area (Å²) >= 11 is 0. The van der Waals surface area contributed by atoms with Crippen molar-refractivity contribution in [3.63, 3.8) is 0 Å². The number of ether oxygens (including phenoxy) is 3. The second-order valence-electron chi connectivity index (χ2n) is 5.69. The zero-order valence-electron chi connectivity index (χ0n) is 13.6. The molecule has 4 heteroatoms. The Morgan fingerprint density at radius 2 is 1.11 bits per heavy atom. The molecule has 0 spiro atoms. The summed E-state index contributed by atoms with van der Waals surface area (Å²) in [4.78, 5) is 4.57. The molecule has 0 atom stereocenters. The van der Waals surface area contributed by atoms with Gasteiger partial charge in [-0.1, -0.05) is 0 Å². The molecule has 19 heavy (non-hydrogen) atoms. The van der Waals surface area contributed by atoms with Gasteiger partial charge in [-0.05, 0) is 54.7 Å². The van der Waals surface area contributed by atoms with E-state index in [1.54, 1.807) is 6.21 Å². The molecule has 0 saturated heterocycles. The van der Waals surface area contributed by atoms with Crippen LogP contribution in [0.15, 0.2) is 4.99 Å². The van der Waals surface area contributed by atoms with E-state index >= 15 is 0 Å². The Bertz CT molecular complexity index is 218. The highest BCUT2D eigenvalue weighted by atomic mass is 16.5. The van der Waals surface area contributed by atoms with E-state index in [4.69, 9.17) is 14.2 Å². The van der Waals surface area contributed by atoms with Crippen molar-refractivity contribution in [1.82, 2.24) is 0 Å². The molecular formula is C15H31NO3. The van der Waals surface area contributed by atoms with E-state index < -0.39 is 5.54 Å². The van der Waals surface area contributed by atoms with Crippen molar-refractivity contribution in [3.8, 4) is 0 Å². The van der Waals surface area contributed by atoms with Gasteiger partial charge >= 0.3 is 0 Å². The number of aliphatic imine (C=N–C) groups is 1. The van der Waals surface area contributed by atoms with E-state index in [-0.39, 0.29) is 18.3 Å². The van der Waals surface area contributed by atoms with Crippen LogP contribution in [-0.2, 0) is 14.2 Å². The fraction of sp³-hybridized carbons (Fsp3) is 0.933. The fourth-order valence-corrected chi connectivity index (χ4v) is 1.48. The van der Waals surface area contributed by atoms with Crippen LogP contribution < -0.4 is 0 Å². The summed E-state index contributed by atoms with van der Waals surface area (Å²) in [6.45, 7) is 15.6. The van der Waals surface area contributed by atoms with Crippen LogP contribution in [0.2, 0.25) is 0 Å². The van der Waals surface area contributed by atoms with Crippen LogP contribution in [0, 0.1) is 0 Å². The Morgan fingerprint density at radius 1 is 0.789 bits per heavy atom. The summed E-state index contributed by atoms with van der Waals surface area (Å²) in [5, 5.41) is 0. The van der Waals surface area contributed by atoms with Gasteiger partial charge in [-0.3, -0.25) is 4.99 Å². The number of hydrogen-bond acceptors (Lipinski definition) is 4. The maximum atomic E-state index is 5.75. The fourth-order valence-electron chi connectivity index (χ4n) is 1.48. The third-order valence-electron chi connectivity index (χ3n) is 2.46. The standard InChI is InChI=1S/C15H31NO3/c1-8-16-15(9-17-12(2)3,10-18-13(4)5)11-19-14(6)7/h8,12-14H,9-11H2,1-7H3/b16-8+. The average Bonchev–Trinajstić information content (AvgIpc) is 2.31. The molecule has 0 bridgehead atoms. The minimum atomic E-state index is -0.451. The van der Waals surface area contributed by atoms with Crippen molar-refractivity contribution < 1.29 is 14.2 Å². The molecule has 4 nitrogen and oxygen atoms in total. The van der Waals surface area contributed by atoms with Crippen LogP contribution in [0.1, 0.15) is 48.5 Å². The predicted molar refractivity (Wildman–Crippen MR) is 80.2 cm³/mol. The van der Waals surface area contributed by atoms with Crippen molar-refractivity contribution >= 4 is 6.21 Å². The molecule has 0 unspecified atom stereocenters. The molecule has 0 N–H and O–H groups in total. The van der Waals surface area contributed by atoms with Gasteiger partial charge in [-0.25, -0.2) is 0 Å². The zero-order chi connectivity index (χ0) is 14.9. The maximum absolute atomic E-state index is 5.75. The van der Waals surface area contributed by atoms with Crippen molar-refractivity contribution in [2.45, 2.75) is 72.3 Å². The molecule has 0 heterocycles. The largest absolute Gasteiger partial charge is 0.376 e. The molecule has 0 aliphatic rings. The van der Waals surface area contributed by atoms with Gasteiger partial charge in [-0.2, -0.15) is 0 Å². The molecule has 0 aliphatic carbocycles. The molecule has 0 saturated carbocycles. The Hall–Kier alpha value is -0.450. The van der Waals surface area contributed by atoms with E-state index in [9.17, 15) is 0 Å². The lowest BCUT2D eigenvalue weighted by atomic mass is 10.0. The predicted octanol–water partition coefficient (Wildman–Crippen LogP) is 3.09. The van der Waals surface area contributed by atoms with Crippen LogP contribution >= 0.6 is 0 Å². The lowest BCUT2D eigenvalue weighted by Crippen LogP contribution is -2.44. The molecule has 0 rings (SSSR count). The lowest BCUT2D eigenvalue weighted by Gasteiger charge is -2.31. The molecule has 0 aromatic rings. The van der Waals surface area contributed by atoms with Crippen LogP contribution in [0.4, 0.5) is 0 Å². The first-order chi connectivity index (χ1) is 8.81. The van der Waals surface area contributed by atoms with Crippen molar-refractivity contribution in [3.05, 3.63) is 0 Å². The van der Waals surface area contributed by atoms with Crippen molar-refractivity contribution in [2.75, 3.05) is 19.8 Å². The SMILES string of the molecule is C/C=N/C(COC(C)C)(COC(C)C)COC(C)C. The van der Waals surface area contributed by atoms with Crippen LogP contribution in [-0.4, -0.2) is 49.9 Å². The van der Waals surface area contributed by atoms with E-state index in [0.29, 0.717) is 19.8 Å². The molecule has 0 radical (unpaired) electrons. The molecule has 0 aliphatic heterocycles. The maximum Gasteiger partial charge on any atom is 0.130 e. The topological polar surface area (TPSA) is 40.0 Å². The normalized spacial score (nSPS) is 13.4. The summed E-state index contributed by atoms with van der Waals surface area (Å²) in [7, 11) is 0. The van der Waals surface area contributed by atoms with E-state index in [1.807, 2.05) is 48.5 Å². The number of hydrogen-bond donors (Lipinski definition) is 0. The first-order valence-corrected chi connectivity index (χ1v) is 7.16. The minimum absolute atomic E-state index is 0.171. The molecule has 0 fully saturated rings. The van der Waals surface area contributed by atoms with Crippen LogP contribution in [0.3, 0.4) is 0 Å². The number of nitrogens with zero attached hydrogens (tertiary/aromatic N) is 1. The quantitative estimate of drug-likeness (QED) is 0.574. The van der Waals surface area contributed by atoms with Gasteiger partial charge in [0.15, 0.2) is 0 Å². The monoisotopic (exact) mass is 273 g/mol. The van der Waals surface area contributed by atoms with Gasteiger partial charge < -0.3 is 14.2 Å². The average molecular weight is 273 g/mol. The third-order valence-corrected chi connectivity index (χ3v) is 2.46. The van der Waals surface area contributed by atoms with Gasteiger partial charge in [0.05, 0.1) is 38.1 Å². The van der Waals surface area contributed by atoms with Gasteiger partial charge in [-0.15, -0.1) is 0 Å². The minimum Gasteiger partial charge on any atom is -0.376 e. The highest BCUT2D eigenvalue weighted by molar-refractivity contribution is 5.54. The summed E-state index contributed by atoms with van der Waals surface area (Å²) in [5.41, 5.74) is -0.451. The Labute approximate surface area is 118 Å². The van der Waals surface area contributed by atoms with Gasteiger partial charge in [0.2, 0.25) is 0 Å². The van der Waals surface area contributed by atoms with Crippen LogP contribution in [0.25, 0.3) is 0 Å². The first kappa shape index (κ1) is 18.6. The van der Waals surface area contributed by atoms with Crippen molar-refractivity contribution in [2.24, 2.45) is 4.99 Å². The Balaban J connectivity index is 4.76. The molecule has 114 valence electrons. The van der Waals surface area contributed by atoms with Gasteiger partial charge in [0, 0.05) is 0 Å². The second kappa shape index (κ2) is 9.45. The van der Waals surface area contributed by atoms with Gasteiger partial charge in [0.1, 0.15) is 5.54 Å². The van der Waals surface area contributed by atoms with Crippen LogP contribution in [0.5, 0.6) is 0 Å². The highest BCUT2D eigenvalue weighted by Crippen LogP contribution is 2.17. The highest BCUT2D eigenvalue weighted by Gasteiger charge is 2.31. The van der Waals surface area contributed by atoms with E-state index in [0.717, 1.165) is 0 Å². The summed E-state index contributed by atoms with van der Waals surface area (Å²) in [6.07, 6.45) is 2.32. The molecular weight excluding hydrogens is 242 g/mol. The smallest absolute Gasteiger partial charge is 0.130 e. The first-order valence-electron chi connectivity index (χ1n) is 7.16. The van der Waals surface area contributed by atoms with E-state index in [2.05, 4.69) is 4.99 Å². The Kier molecular flexibility index (Phi) is 9.23. The number of rotatable bonds is 10. The zero-order valence-corrected chi connectivity index (χ0v) is 13.6. The molecule has 0 amide bonds. The lowest BCUT2D eigenvalue weighted by molar-refractivity contribution is -0.0580. The second-order valence-corrected chi connectivity index (χ2v) is 5.69. The molecule has 0 aromatic carbocycles. The summed E-state index contributed by atoms with van der Waals surface area (Å²) < 4.78 is 17.3. The summed E-state index contributed by atoms with van der Waals surface area (Å²) in [5.74, 6) is 0.